The second kappa shape index (κ2) is 5.55. The molecule has 0 aliphatic carbocycles. The van der Waals surface area contributed by atoms with Crippen LogP contribution in [0, 0.1) is 0 Å². The number of alkyl halides is 3. The van der Waals surface area contributed by atoms with Crippen LogP contribution in [-0.4, -0.2) is 18.0 Å². The fourth-order valence-corrected chi connectivity index (χ4v) is 1.08. The number of hydrogen-bond acceptors (Lipinski definition) is 2. The Morgan fingerprint density at radius 1 is 1.05 bits per heavy atom. The van der Waals surface area contributed by atoms with Gasteiger partial charge in [-0.1, -0.05) is 6.58 Å². The Balaban J connectivity index is 2.70. The minimum Gasteiger partial charge on any atom is -0.322 e. The highest BCUT2D eigenvalue weighted by Gasteiger charge is 2.38. The topological polar surface area (TPSA) is 58.2 Å². The van der Waals surface area contributed by atoms with Gasteiger partial charge in [-0.25, -0.2) is 0 Å². The van der Waals surface area contributed by atoms with E-state index in [0.717, 1.165) is 0 Å². The smallest absolute Gasteiger partial charge is 0.322 e. The van der Waals surface area contributed by atoms with Crippen LogP contribution in [0.1, 0.15) is 6.92 Å². The molecule has 1 aromatic carbocycles. The lowest BCUT2D eigenvalue weighted by Crippen LogP contribution is -2.29. The molecule has 102 valence electrons. The minimum atomic E-state index is -4.94. The monoisotopic (exact) mass is 272 g/mol. The molecule has 0 saturated heterocycles. The second-order valence-corrected chi connectivity index (χ2v) is 3.76. The fraction of sp³-hybridized carbons (Fsp3) is 0.167. The quantitative estimate of drug-likeness (QED) is 0.831. The van der Waals surface area contributed by atoms with Crippen molar-refractivity contribution in [2.75, 3.05) is 10.6 Å². The van der Waals surface area contributed by atoms with E-state index in [1.807, 2.05) is 0 Å². The number of rotatable bonds is 3. The number of amides is 2. The van der Waals surface area contributed by atoms with Crippen molar-refractivity contribution in [1.82, 2.24) is 0 Å². The third kappa shape index (κ3) is 4.46. The Hall–Kier alpha value is -2.31. The van der Waals surface area contributed by atoms with Gasteiger partial charge in [0.15, 0.2) is 0 Å². The fourth-order valence-electron chi connectivity index (χ4n) is 1.08. The van der Waals surface area contributed by atoms with Crippen molar-refractivity contribution in [3.05, 3.63) is 36.4 Å². The molecule has 0 atom stereocenters. The first-order valence-corrected chi connectivity index (χ1v) is 5.15. The zero-order valence-electron chi connectivity index (χ0n) is 9.97. The predicted octanol–water partition coefficient (Wildman–Crippen LogP) is 2.70. The molecule has 0 radical (unpaired) electrons. The zero-order chi connectivity index (χ0) is 14.6. The van der Waals surface area contributed by atoms with Crippen LogP contribution in [0.2, 0.25) is 0 Å². The maximum absolute atomic E-state index is 12.0. The Morgan fingerprint density at radius 2 is 1.47 bits per heavy atom. The van der Waals surface area contributed by atoms with E-state index >= 15 is 0 Å². The number of benzene rings is 1. The van der Waals surface area contributed by atoms with Gasteiger partial charge in [-0.3, -0.25) is 9.59 Å². The molecular weight excluding hydrogens is 261 g/mol. The first kappa shape index (κ1) is 14.7. The van der Waals surface area contributed by atoms with Gasteiger partial charge in [0.1, 0.15) is 0 Å². The summed E-state index contributed by atoms with van der Waals surface area (Å²) in [5.41, 5.74) is 0.670. The lowest BCUT2D eigenvalue weighted by Gasteiger charge is -2.09. The molecule has 0 aromatic heterocycles. The van der Waals surface area contributed by atoms with Crippen molar-refractivity contribution >= 4 is 23.2 Å². The number of carbonyl (C=O) groups excluding carboxylic acids is 2. The minimum absolute atomic E-state index is 0.0179. The Morgan fingerprint density at radius 3 is 1.84 bits per heavy atom. The van der Waals surface area contributed by atoms with Gasteiger partial charge in [-0.2, -0.15) is 13.2 Å². The van der Waals surface area contributed by atoms with Crippen molar-refractivity contribution in [3.8, 4) is 0 Å². The molecule has 0 heterocycles. The van der Waals surface area contributed by atoms with Crippen molar-refractivity contribution in [3.63, 3.8) is 0 Å². The second-order valence-electron chi connectivity index (χ2n) is 3.76. The van der Waals surface area contributed by atoms with Crippen LogP contribution in [0.25, 0.3) is 0 Å². The number of nitrogens with one attached hydrogen (secondary N) is 2. The summed E-state index contributed by atoms with van der Waals surface area (Å²) < 4.78 is 36.0. The summed E-state index contributed by atoms with van der Waals surface area (Å²) >= 11 is 0. The summed E-state index contributed by atoms with van der Waals surface area (Å²) in [4.78, 5) is 21.9. The van der Waals surface area contributed by atoms with E-state index in [2.05, 4.69) is 11.9 Å². The van der Waals surface area contributed by atoms with E-state index in [0.29, 0.717) is 11.3 Å². The molecule has 0 unspecified atom stereocenters. The van der Waals surface area contributed by atoms with Gasteiger partial charge >= 0.3 is 12.1 Å². The van der Waals surface area contributed by atoms with Crippen LogP contribution < -0.4 is 10.6 Å². The third-order valence-corrected chi connectivity index (χ3v) is 2.05. The lowest BCUT2D eigenvalue weighted by atomic mass is 10.2. The van der Waals surface area contributed by atoms with Crippen molar-refractivity contribution in [1.29, 1.82) is 0 Å². The summed E-state index contributed by atoms with van der Waals surface area (Å²) in [6.45, 7) is 4.96. The molecule has 1 rings (SSSR count). The SMILES string of the molecule is C=C(C)C(=O)Nc1ccc(NC(=O)C(F)(F)F)cc1. The van der Waals surface area contributed by atoms with Gasteiger partial charge < -0.3 is 10.6 Å². The third-order valence-electron chi connectivity index (χ3n) is 2.05. The highest BCUT2D eigenvalue weighted by Crippen LogP contribution is 2.19. The molecule has 1 aromatic rings. The van der Waals surface area contributed by atoms with E-state index in [-0.39, 0.29) is 5.69 Å². The summed E-state index contributed by atoms with van der Waals surface area (Å²) in [6.07, 6.45) is -4.94. The molecule has 0 aliphatic heterocycles. The van der Waals surface area contributed by atoms with Crippen LogP contribution in [0.3, 0.4) is 0 Å². The summed E-state index contributed by atoms with van der Waals surface area (Å²) in [7, 11) is 0. The molecule has 0 aliphatic rings. The molecule has 0 saturated carbocycles. The van der Waals surface area contributed by atoms with Crippen molar-refractivity contribution < 1.29 is 22.8 Å². The molecule has 19 heavy (non-hydrogen) atoms. The molecule has 7 heteroatoms. The largest absolute Gasteiger partial charge is 0.471 e. The molecule has 0 spiro atoms. The van der Waals surface area contributed by atoms with E-state index in [1.165, 1.54) is 31.2 Å². The van der Waals surface area contributed by atoms with Crippen molar-refractivity contribution in [2.45, 2.75) is 13.1 Å². The summed E-state index contributed by atoms with van der Waals surface area (Å²) in [5.74, 6) is -2.45. The van der Waals surface area contributed by atoms with E-state index in [4.69, 9.17) is 0 Å². The molecule has 0 fully saturated rings. The summed E-state index contributed by atoms with van der Waals surface area (Å²) in [5, 5.41) is 4.17. The van der Waals surface area contributed by atoms with Crippen LogP contribution in [0.4, 0.5) is 24.5 Å². The molecule has 4 nitrogen and oxygen atoms in total. The van der Waals surface area contributed by atoms with Crippen LogP contribution in [0.5, 0.6) is 0 Å². The average Bonchev–Trinajstić information content (AvgIpc) is 2.30. The van der Waals surface area contributed by atoms with Gasteiger partial charge in [-0.05, 0) is 31.2 Å². The Labute approximate surface area is 107 Å². The highest BCUT2D eigenvalue weighted by molar-refractivity contribution is 6.03. The number of carbonyl (C=O) groups is 2. The first-order chi connectivity index (χ1) is 8.70. The maximum atomic E-state index is 12.0. The van der Waals surface area contributed by atoms with Gasteiger partial charge in [-0.15, -0.1) is 0 Å². The van der Waals surface area contributed by atoms with Gasteiger partial charge in [0.05, 0.1) is 0 Å². The molecular formula is C12H11F3N2O2. The normalized spacial score (nSPS) is 10.7. The Bertz CT molecular complexity index is 507. The number of halogens is 3. The predicted molar refractivity (Wildman–Crippen MR) is 64.6 cm³/mol. The highest BCUT2D eigenvalue weighted by atomic mass is 19.4. The number of anilines is 2. The average molecular weight is 272 g/mol. The zero-order valence-corrected chi connectivity index (χ0v) is 9.97. The lowest BCUT2D eigenvalue weighted by molar-refractivity contribution is -0.167. The molecule has 2 amide bonds. The van der Waals surface area contributed by atoms with Crippen LogP contribution in [-0.2, 0) is 9.59 Å². The summed E-state index contributed by atoms with van der Waals surface area (Å²) in [6, 6.07) is 5.23. The molecule has 0 bridgehead atoms. The van der Waals surface area contributed by atoms with Gasteiger partial charge in [0.25, 0.3) is 5.91 Å². The molecule has 2 N–H and O–H groups in total. The number of hydrogen-bond donors (Lipinski definition) is 2. The van der Waals surface area contributed by atoms with Gasteiger partial charge in [0.2, 0.25) is 0 Å². The van der Waals surface area contributed by atoms with Crippen LogP contribution in [0.15, 0.2) is 36.4 Å². The van der Waals surface area contributed by atoms with Gasteiger partial charge in [0, 0.05) is 16.9 Å². The van der Waals surface area contributed by atoms with E-state index in [1.54, 1.807) is 5.32 Å². The maximum Gasteiger partial charge on any atom is 0.471 e. The van der Waals surface area contributed by atoms with E-state index in [9.17, 15) is 22.8 Å². The van der Waals surface area contributed by atoms with E-state index < -0.39 is 18.0 Å². The van der Waals surface area contributed by atoms with Crippen molar-refractivity contribution in [2.24, 2.45) is 0 Å². The Kier molecular flexibility index (Phi) is 4.31. The standard InChI is InChI=1S/C12H11F3N2O2/c1-7(2)10(18)16-8-3-5-9(6-4-8)17-11(19)12(13,14)15/h3-6H,1H2,2H3,(H,16,18)(H,17,19). The first-order valence-electron chi connectivity index (χ1n) is 5.15. The van der Waals surface area contributed by atoms with Crippen LogP contribution >= 0.6 is 0 Å².